The Kier molecular flexibility index (Phi) is 5.05. The molecule has 27 heavy (non-hydrogen) atoms. The number of fused-ring (bicyclic) bond motifs is 1. The lowest BCUT2D eigenvalue weighted by molar-refractivity contribution is 0.102. The molecule has 0 aliphatic carbocycles. The molecule has 4 rings (SSSR count). The molecule has 0 atom stereocenters. The minimum atomic E-state index is -0.106. The summed E-state index contributed by atoms with van der Waals surface area (Å²) >= 11 is 1.48. The highest BCUT2D eigenvalue weighted by Crippen LogP contribution is 2.22. The van der Waals surface area contributed by atoms with Crippen molar-refractivity contribution in [2.24, 2.45) is 0 Å². The maximum absolute atomic E-state index is 12.5. The van der Waals surface area contributed by atoms with Gasteiger partial charge >= 0.3 is 0 Å². The molecule has 138 valence electrons. The number of carbonyl (C=O) groups excluding carboxylic acids is 1. The molecule has 2 aromatic carbocycles. The highest BCUT2D eigenvalue weighted by Gasteiger charge is 2.17. The number of nitrogens with one attached hydrogen (secondary N) is 1. The summed E-state index contributed by atoms with van der Waals surface area (Å²) in [6, 6.07) is 14.4. The van der Waals surface area contributed by atoms with Crippen LogP contribution in [0.4, 0.5) is 5.13 Å². The number of aryl methyl sites for hydroxylation is 2. The van der Waals surface area contributed by atoms with Crippen molar-refractivity contribution in [3.8, 4) is 0 Å². The third-order valence-electron chi connectivity index (χ3n) is 5.14. The maximum Gasteiger partial charge on any atom is 0.257 e. The number of rotatable bonds is 4. The van der Waals surface area contributed by atoms with Gasteiger partial charge in [0.25, 0.3) is 5.91 Å². The molecule has 5 heteroatoms. The number of benzene rings is 2. The van der Waals surface area contributed by atoms with Crippen LogP contribution < -0.4 is 5.32 Å². The molecule has 0 fully saturated rings. The zero-order chi connectivity index (χ0) is 18.8. The minimum absolute atomic E-state index is 0.106. The lowest BCUT2D eigenvalue weighted by Crippen LogP contribution is -2.30. The highest BCUT2D eigenvalue weighted by molar-refractivity contribution is 7.13. The Bertz CT molecular complexity index is 979. The topological polar surface area (TPSA) is 45.2 Å². The monoisotopic (exact) mass is 377 g/mol. The van der Waals surface area contributed by atoms with Crippen molar-refractivity contribution in [1.82, 2.24) is 9.88 Å². The van der Waals surface area contributed by atoms with Gasteiger partial charge in [-0.25, -0.2) is 4.98 Å². The Morgan fingerprint density at radius 3 is 2.78 bits per heavy atom. The lowest BCUT2D eigenvalue weighted by Gasteiger charge is -2.27. The van der Waals surface area contributed by atoms with Gasteiger partial charge in [-0.2, -0.15) is 0 Å². The molecule has 0 unspecified atom stereocenters. The Hall–Kier alpha value is -2.50. The van der Waals surface area contributed by atoms with E-state index >= 15 is 0 Å². The standard InChI is InChI=1S/C22H23N3OS/c1-15-7-8-18(11-16(15)2)21(26)24-22-23-20(14-27-22)13-25-10-9-17-5-3-4-6-19(17)12-25/h3-8,11,14H,9-10,12-13H2,1-2H3,(H,23,24,26). The van der Waals surface area contributed by atoms with Gasteiger partial charge in [0.1, 0.15) is 0 Å². The van der Waals surface area contributed by atoms with Gasteiger partial charge in [0.15, 0.2) is 5.13 Å². The van der Waals surface area contributed by atoms with Crippen LogP contribution in [-0.2, 0) is 19.5 Å². The average Bonchev–Trinajstić information content (AvgIpc) is 3.10. The molecule has 0 saturated heterocycles. The molecular weight excluding hydrogens is 354 g/mol. The molecule has 1 aliphatic heterocycles. The van der Waals surface area contributed by atoms with Gasteiger partial charge in [-0.05, 0) is 54.7 Å². The first-order valence-corrected chi connectivity index (χ1v) is 10.1. The van der Waals surface area contributed by atoms with Gasteiger partial charge in [-0.15, -0.1) is 11.3 Å². The number of thiazole rings is 1. The molecular formula is C22H23N3OS. The lowest BCUT2D eigenvalue weighted by atomic mass is 10.00. The third kappa shape index (κ3) is 4.10. The Morgan fingerprint density at radius 2 is 1.96 bits per heavy atom. The van der Waals surface area contributed by atoms with E-state index in [1.807, 2.05) is 37.4 Å². The molecule has 0 saturated carbocycles. The van der Waals surface area contributed by atoms with Crippen LogP contribution in [0.1, 0.15) is 38.3 Å². The number of anilines is 1. The number of hydrogen-bond acceptors (Lipinski definition) is 4. The van der Waals surface area contributed by atoms with Crippen molar-refractivity contribution < 1.29 is 4.79 Å². The molecule has 1 N–H and O–H groups in total. The predicted octanol–water partition coefficient (Wildman–Crippen LogP) is 4.57. The molecule has 1 aliphatic rings. The molecule has 0 bridgehead atoms. The fourth-order valence-corrected chi connectivity index (χ4v) is 4.10. The average molecular weight is 378 g/mol. The summed E-state index contributed by atoms with van der Waals surface area (Å²) in [7, 11) is 0. The molecule has 1 aromatic heterocycles. The quantitative estimate of drug-likeness (QED) is 0.724. The fraction of sp³-hybridized carbons (Fsp3) is 0.273. The third-order valence-corrected chi connectivity index (χ3v) is 5.94. The number of aromatic nitrogens is 1. The van der Waals surface area contributed by atoms with Crippen molar-refractivity contribution >= 4 is 22.4 Å². The van der Waals surface area contributed by atoms with Gasteiger partial charge in [0, 0.05) is 30.6 Å². The van der Waals surface area contributed by atoms with Gasteiger partial charge in [0.2, 0.25) is 0 Å². The van der Waals surface area contributed by atoms with Crippen molar-refractivity contribution in [2.75, 3.05) is 11.9 Å². The van der Waals surface area contributed by atoms with Crippen LogP contribution in [0.5, 0.6) is 0 Å². The summed E-state index contributed by atoms with van der Waals surface area (Å²) in [6.07, 6.45) is 1.08. The normalized spacial score (nSPS) is 14.0. The van der Waals surface area contributed by atoms with Crippen LogP contribution in [0.15, 0.2) is 47.8 Å². The minimum Gasteiger partial charge on any atom is -0.298 e. The summed E-state index contributed by atoms with van der Waals surface area (Å²) in [5.74, 6) is -0.106. The molecule has 4 nitrogen and oxygen atoms in total. The van der Waals surface area contributed by atoms with Crippen LogP contribution in [0.3, 0.4) is 0 Å². The van der Waals surface area contributed by atoms with Gasteiger partial charge in [-0.3, -0.25) is 15.0 Å². The number of hydrogen-bond donors (Lipinski definition) is 1. The molecule has 0 spiro atoms. The smallest absolute Gasteiger partial charge is 0.257 e. The van der Waals surface area contributed by atoms with Crippen LogP contribution in [0, 0.1) is 13.8 Å². The largest absolute Gasteiger partial charge is 0.298 e. The van der Waals surface area contributed by atoms with Crippen LogP contribution in [-0.4, -0.2) is 22.3 Å². The number of carbonyl (C=O) groups is 1. The van der Waals surface area contributed by atoms with E-state index in [9.17, 15) is 4.79 Å². The number of amides is 1. The zero-order valence-corrected chi connectivity index (χ0v) is 16.5. The van der Waals surface area contributed by atoms with Gasteiger partial charge in [0.05, 0.1) is 5.69 Å². The molecule has 3 aromatic rings. The second-order valence-electron chi connectivity index (χ2n) is 7.13. The van der Waals surface area contributed by atoms with E-state index in [4.69, 9.17) is 0 Å². The van der Waals surface area contributed by atoms with Crippen LogP contribution in [0.2, 0.25) is 0 Å². The van der Waals surface area contributed by atoms with Crippen molar-refractivity contribution in [2.45, 2.75) is 33.4 Å². The molecule has 0 radical (unpaired) electrons. The second kappa shape index (κ2) is 7.62. The first-order valence-electron chi connectivity index (χ1n) is 9.20. The van der Waals surface area contributed by atoms with Crippen molar-refractivity contribution in [3.05, 3.63) is 81.4 Å². The van der Waals surface area contributed by atoms with E-state index in [0.717, 1.165) is 37.3 Å². The Morgan fingerprint density at radius 1 is 1.15 bits per heavy atom. The molecule has 1 amide bonds. The van der Waals surface area contributed by atoms with Crippen LogP contribution in [0.25, 0.3) is 0 Å². The fourth-order valence-electron chi connectivity index (χ4n) is 3.41. The summed E-state index contributed by atoms with van der Waals surface area (Å²) in [4.78, 5) is 19.5. The van der Waals surface area contributed by atoms with Gasteiger partial charge < -0.3 is 0 Å². The predicted molar refractivity (Wildman–Crippen MR) is 110 cm³/mol. The maximum atomic E-state index is 12.5. The Balaban J connectivity index is 1.39. The van der Waals surface area contributed by atoms with E-state index < -0.39 is 0 Å². The van der Waals surface area contributed by atoms with Gasteiger partial charge in [-0.1, -0.05) is 30.3 Å². The van der Waals surface area contributed by atoms with E-state index in [-0.39, 0.29) is 5.91 Å². The summed E-state index contributed by atoms with van der Waals surface area (Å²) in [6.45, 7) is 6.87. The first-order chi connectivity index (χ1) is 13.1. The molecule has 2 heterocycles. The van der Waals surface area contributed by atoms with E-state index in [0.29, 0.717) is 10.7 Å². The van der Waals surface area contributed by atoms with E-state index in [1.165, 1.54) is 28.0 Å². The van der Waals surface area contributed by atoms with E-state index in [2.05, 4.69) is 39.5 Å². The summed E-state index contributed by atoms with van der Waals surface area (Å²) < 4.78 is 0. The van der Waals surface area contributed by atoms with Crippen molar-refractivity contribution in [3.63, 3.8) is 0 Å². The van der Waals surface area contributed by atoms with Crippen molar-refractivity contribution in [1.29, 1.82) is 0 Å². The zero-order valence-electron chi connectivity index (χ0n) is 15.7. The summed E-state index contributed by atoms with van der Waals surface area (Å²) in [5.41, 5.74) is 6.84. The first kappa shape index (κ1) is 17.9. The Labute approximate surface area is 163 Å². The highest BCUT2D eigenvalue weighted by atomic mass is 32.1. The number of nitrogens with zero attached hydrogens (tertiary/aromatic N) is 2. The SMILES string of the molecule is Cc1ccc(C(=O)Nc2nc(CN3CCc4ccccc4C3)cs2)cc1C. The van der Waals surface area contributed by atoms with Crippen LogP contribution >= 0.6 is 11.3 Å². The summed E-state index contributed by atoms with van der Waals surface area (Å²) in [5, 5.41) is 5.62. The second-order valence-corrected chi connectivity index (χ2v) is 7.98. The van der Waals surface area contributed by atoms with E-state index in [1.54, 1.807) is 0 Å².